The van der Waals surface area contributed by atoms with E-state index in [9.17, 15) is 9.90 Å². The van der Waals surface area contributed by atoms with Crippen LogP contribution in [0.15, 0.2) is 42.5 Å². The summed E-state index contributed by atoms with van der Waals surface area (Å²) in [7, 11) is 0. The molecule has 0 bridgehead atoms. The molecule has 0 radical (unpaired) electrons. The highest BCUT2D eigenvalue weighted by atomic mass is 16.4. The number of rotatable bonds is 4. The lowest BCUT2D eigenvalue weighted by atomic mass is 9.85. The summed E-state index contributed by atoms with van der Waals surface area (Å²) in [6.07, 6.45) is 0.527. The second kappa shape index (κ2) is 5.41. The number of aliphatic carboxylic acids is 1. The van der Waals surface area contributed by atoms with E-state index in [1.807, 2.05) is 0 Å². The van der Waals surface area contributed by atoms with Crippen LogP contribution in [0.1, 0.15) is 39.3 Å². The van der Waals surface area contributed by atoms with E-state index in [0.29, 0.717) is 12.5 Å². The molecular weight excluding hydrogens is 286 g/mol. The predicted octanol–water partition coefficient (Wildman–Crippen LogP) is 5.03. The largest absolute Gasteiger partial charge is 0.481 e. The maximum Gasteiger partial charge on any atom is 0.309 e. The molecule has 0 saturated heterocycles. The van der Waals surface area contributed by atoms with Crippen LogP contribution < -0.4 is 0 Å². The van der Waals surface area contributed by atoms with Crippen molar-refractivity contribution in [2.24, 2.45) is 5.41 Å². The van der Waals surface area contributed by atoms with Crippen LogP contribution in [0.5, 0.6) is 0 Å². The van der Waals surface area contributed by atoms with Crippen molar-refractivity contribution in [1.29, 1.82) is 0 Å². The number of fused-ring (bicyclic) bond motifs is 3. The number of hydrogen-bond donors (Lipinski definition) is 1. The topological polar surface area (TPSA) is 42.2 Å². The highest BCUT2D eigenvalue weighted by molar-refractivity contribution is 6.08. The van der Waals surface area contributed by atoms with Gasteiger partial charge in [-0.15, -0.1) is 0 Å². The maximum absolute atomic E-state index is 11.4. The van der Waals surface area contributed by atoms with Crippen molar-refractivity contribution < 1.29 is 9.90 Å². The fourth-order valence-corrected chi connectivity index (χ4v) is 3.30. The Hall–Kier alpha value is -2.29. The van der Waals surface area contributed by atoms with Crippen LogP contribution in [0.25, 0.3) is 21.8 Å². The Morgan fingerprint density at radius 3 is 2.39 bits per heavy atom. The second-order valence-electron chi connectivity index (χ2n) is 7.20. The molecule has 1 heterocycles. The van der Waals surface area contributed by atoms with Gasteiger partial charge in [0.15, 0.2) is 0 Å². The Morgan fingerprint density at radius 1 is 1.09 bits per heavy atom. The molecule has 0 saturated carbocycles. The van der Waals surface area contributed by atoms with Gasteiger partial charge in [0.25, 0.3) is 0 Å². The zero-order chi connectivity index (χ0) is 16.8. The number of carboxylic acid groups (broad SMARTS) is 1. The van der Waals surface area contributed by atoms with Gasteiger partial charge in [0.05, 0.1) is 5.41 Å². The molecular formula is C20H23NO2. The highest BCUT2D eigenvalue weighted by Gasteiger charge is 2.27. The standard InChI is InChI=1S/C20H23NO2/c1-13(2)21-17-8-6-5-7-15(17)16-11-14(9-10-18(16)21)12-20(3,4)19(22)23/h5-11,13H,12H2,1-4H3,(H,22,23). The van der Waals surface area contributed by atoms with Crippen LogP contribution in [-0.4, -0.2) is 15.6 Å². The van der Waals surface area contributed by atoms with E-state index in [1.165, 1.54) is 21.8 Å². The summed E-state index contributed by atoms with van der Waals surface area (Å²) >= 11 is 0. The molecule has 2 aromatic carbocycles. The number of aromatic nitrogens is 1. The number of carboxylic acids is 1. The first kappa shape index (κ1) is 15.6. The minimum Gasteiger partial charge on any atom is -0.481 e. The van der Waals surface area contributed by atoms with Crippen molar-refractivity contribution in [2.45, 2.75) is 40.2 Å². The molecule has 3 nitrogen and oxygen atoms in total. The van der Waals surface area contributed by atoms with Gasteiger partial charge in [-0.1, -0.05) is 24.3 Å². The monoisotopic (exact) mass is 309 g/mol. The normalized spacial score (nSPS) is 12.4. The highest BCUT2D eigenvalue weighted by Crippen LogP contribution is 2.33. The lowest BCUT2D eigenvalue weighted by molar-refractivity contribution is -0.146. The van der Waals surface area contributed by atoms with Crippen LogP contribution >= 0.6 is 0 Å². The van der Waals surface area contributed by atoms with Gasteiger partial charge in [-0.3, -0.25) is 4.79 Å². The summed E-state index contributed by atoms with van der Waals surface area (Å²) < 4.78 is 2.34. The predicted molar refractivity (Wildman–Crippen MR) is 94.9 cm³/mol. The van der Waals surface area contributed by atoms with Gasteiger partial charge in [-0.2, -0.15) is 0 Å². The van der Waals surface area contributed by atoms with E-state index in [1.54, 1.807) is 13.8 Å². The third-order valence-electron chi connectivity index (χ3n) is 4.52. The number of para-hydroxylation sites is 1. The lowest BCUT2D eigenvalue weighted by Gasteiger charge is -2.19. The molecule has 1 N–H and O–H groups in total. The summed E-state index contributed by atoms with van der Waals surface area (Å²) in [6, 6.07) is 15.1. The van der Waals surface area contributed by atoms with E-state index >= 15 is 0 Å². The molecule has 0 aliphatic heterocycles. The van der Waals surface area contributed by atoms with Crippen LogP contribution in [0, 0.1) is 5.41 Å². The smallest absolute Gasteiger partial charge is 0.309 e. The molecule has 0 aliphatic carbocycles. The zero-order valence-electron chi connectivity index (χ0n) is 14.1. The summed E-state index contributed by atoms with van der Waals surface area (Å²) in [6.45, 7) is 7.93. The molecule has 1 aromatic heterocycles. The molecule has 120 valence electrons. The first-order valence-electron chi connectivity index (χ1n) is 8.06. The van der Waals surface area contributed by atoms with Crippen LogP contribution in [0.2, 0.25) is 0 Å². The van der Waals surface area contributed by atoms with Crippen LogP contribution in [-0.2, 0) is 11.2 Å². The summed E-state index contributed by atoms with van der Waals surface area (Å²) in [4.78, 5) is 11.4. The van der Waals surface area contributed by atoms with Gasteiger partial charge >= 0.3 is 5.97 Å². The van der Waals surface area contributed by atoms with Gasteiger partial charge < -0.3 is 9.67 Å². The number of benzene rings is 2. The van der Waals surface area contributed by atoms with Crippen molar-refractivity contribution in [3.8, 4) is 0 Å². The van der Waals surface area contributed by atoms with Crippen molar-refractivity contribution in [3.05, 3.63) is 48.0 Å². The van der Waals surface area contributed by atoms with Crippen LogP contribution in [0.4, 0.5) is 0 Å². The Balaban J connectivity index is 2.21. The minimum atomic E-state index is -0.762. The van der Waals surface area contributed by atoms with Gasteiger partial charge in [-0.25, -0.2) is 0 Å². The molecule has 0 amide bonds. The Labute approximate surface area is 136 Å². The van der Waals surface area contributed by atoms with Gasteiger partial charge in [0.2, 0.25) is 0 Å². The molecule has 0 fully saturated rings. The third-order valence-corrected chi connectivity index (χ3v) is 4.52. The van der Waals surface area contributed by atoms with E-state index in [-0.39, 0.29) is 0 Å². The molecule has 3 aromatic rings. The Bertz CT molecular complexity index is 887. The van der Waals surface area contributed by atoms with Gasteiger partial charge in [0, 0.05) is 27.8 Å². The van der Waals surface area contributed by atoms with Crippen molar-refractivity contribution in [2.75, 3.05) is 0 Å². The van der Waals surface area contributed by atoms with E-state index in [4.69, 9.17) is 0 Å². The van der Waals surface area contributed by atoms with Crippen molar-refractivity contribution in [3.63, 3.8) is 0 Å². The summed E-state index contributed by atoms with van der Waals surface area (Å²) in [5, 5.41) is 11.8. The quantitative estimate of drug-likeness (QED) is 0.734. The fraction of sp³-hybridized carbons (Fsp3) is 0.350. The first-order valence-corrected chi connectivity index (χ1v) is 8.06. The minimum absolute atomic E-state index is 0.374. The van der Waals surface area contributed by atoms with E-state index in [0.717, 1.165) is 5.56 Å². The average Bonchev–Trinajstić information content (AvgIpc) is 2.80. The lowest BCUT2D eigenvalue weighted by Crippen LogP contribution is -2.26. The Morgan fingerprint density at radius 2 is 1.74 bits per heavy atom. The molecule has 0 aliphatic rings. The first-order chi connectivity index (χ1) is 10.8. The fourth-order valence-electron chi connectivity index (χ4n) is 3.30. The van der Waals surface area contributed by atoms with Crippen molar-refractivity contribution in [1.82, 2.24) is 4.57 Å². The molecule has 0 atom stereocenters. The molecule has 0 spiro atoms. The van der Waals surface area contributed by atoms with Crippen LogP contribution in [0.3, 0.4) is 0 Å². The molecule has 0 unspecified atom stereocenters. The molecule has 3 heteroatoms. The molecule has 23 heavy (non-hydrogen) atoms. The third kappa shape index (κ3) is 2.61. The van der Waals surface area contributed by atoms with E-state index in [2.05, 4.69) is 60.9 Å². The van der Waals surface area contributed by atoms with Gasteiger partial charge in [0.1, 0.15) is 0 Å². The Kier molecular flexibility index (Phi) is 3.67. The second-order valence-corrected chi connectivity index (χ2v) is 7.20. The molecule has 3 rings (SSSR count). The summed E-state index contributed by atoms with van der Waals surface area (Å²) in [5.74, 6) is -0.762. The maximum atomic E-state index is 11.4. The zero-order valence-corrected chi connectivity index (χ0v) is 14.1. The number of nitrogens with zero attached hydrogens (tertiary/aromatic N) is 1. The van der Waals surface area contributed by atoms with Crippen molar-refractivity contribution >= 4 is 27.8 Å². The SMILES string of the molecule is CC(C)n1c2ccccc2c2cc(CC(C)(C)C(=O)O)ccc21. The number of carbonyl (C=O) groups is 1. The average molecular weight is 309 g/mol. The van der Waals surface area contributed by atoms with Gasteiger partial charge in [-0.05, 0) is 57.9 Å². The number of hydrogen-bond acceptors (Lipinski definition) is 1. The van der Waals surface area contributed by atoms with E-state index < -0.39 is 11.4 Å². The summed E-state index contributed by atoms with van der Waals surface area (Å²) in [5.41, 5.74) is 2.74.